The number of ether oxygens (including phenoxy) is 3. The zero-order valence-electron chi connectivity index (χ0n) is 18.5. The van der Waals surface area contributed by atoms with E-state index in [1.54, 1.807) is 42.8 Å². The van der Waals surface area contributed by atoms with Crippen molar-refractivity contribution in [3.63, 3.8) is 0 Å². The summed E-state index contributed by atoms with van der Waals surface area (Å²) < 4.78 is 24.7. The van der Waals surface area contributed by atoms with E-state index in [0.717, 1.165) is 5.56 Å². The molecule has 1 aliphatic heterocycles. The van der Waals surface area contributed by atoms with Crippen molar-refractivity contribution in [2.75, 3.05) is 13.9 Å². The summed E-state index contributed by atoms with van der Waals surface area (Å²) >= 11 is 1.28. The van der Waals surface area contributed by atoms with Crippen LogP contribution in [0.1, 0.15) is 11.5 Å². The molecule has 0 unspecified atom stereocenters. The molecule has 0 aliphatic carbocycles. The Balaban J connectivity index is 1.39. The highest BCUT2D eigenvalue weighted by Gasteiger charge is 2.20. The van der Waals surface area contributed by atoms with Crippen molar-refractivity contribution < 1.29 is 18.7 Å². The number of para-hydroxylation sites is 1. The summed E-state index contributed by atoms with van der Waals surface area (Å²) in [4.78, 5) is 31.1. The van der Waals surface area contributed by atoms with E-state index in [1.165, 1.54) is 20.5 Å². The maximum absolute atomic E-state index is 13.5. The monoisotopic (exact) mass is 490 g/mol. The van der Waals surface area contributed by atoms with Crippen LogP contribution in [0.3, 0.4) is 0 Å². The first-order valence-corrected chi connectivity index (χ1v) is 11.6. The molecule has 35 heavy (non-hydrogen) atoms. The molecule has 0 N–H and O–H groups in total. The van der Waals surface area contributed by atoms with E-state index in [2.05, 4.69) is 10.1 Å². The Labute approximate surface area is 201 Å². The van der Waals surface area contributed by atoms with Gasteiger partial charge >= 0.3 is 5.69 Å². The largest absolute Gasteiger partial charge is 0.496 e. The van der Waals surface area contributed by atoms with Crippen molar-refractivity contribution in [2.45, 2.75) is 13.1 Å². The predicted octanol–water partition coefficient (Wildman–Crippen LogP) is 3.11. The summed E-state index contributed by atoms with van der Waals surface area (Å²) in [5, 5.41) is 5.84. The second-order valence-corrected chi connectivity index (χ2v) is 8.71. The van der Waals surface area contributed by atoms with E-state index in [4.69, 9.17) is 18.7 Å². The van der Waals surface area contributed by atoms with Gasteiger partial charge in [0.1, 0.15) is 17.0 Å². The first-order chi connectivity index (χ1) is 17.1. The second kappa shape index (κ2) is 8.44. The standard InChI is InChI=1S/C24H18N4O6S/c1-31-17-5-3-2-4-15(17)22-25-20(34-26-22)12-27-16-8-9-35-21(16)23(29)28(24(27)30)11-14-6-7-18-19(10-14)33-13-32-18/h2-10H,11-13H2,1H3. The fourth-order valence-electron chi connectivity index (χ4n) is 4.04. The number of hydrogen-bond acceptors (Lipinski definition) is 9. The maximum Gasteiger partial charge on any atom is 0.332 e. The number of hydrogen-bond donors (Lipinski definition) is 0. The fraction of sp³-hybridized carbons (Fsp3) is 0.167. The Morgan fingerprint density at radius 2 is 1.89 bits per heavy atom. The fourth-order valence-corrected chi connectivity index (χ4v) is 4.88. The van der Waals surface area contributed by atoms with Crippen LogP contribution in [0.5, 0.6) is 17.2 Å². The zero-order valence-corrected chi connectivity index (χ0v) is 19.3. The van der Waals surface area contributed by atoms with E-state index < -0.39 is 5.69 Å². The van der Waals surface area contributed by atoms with Crippen LogP contribution in [0.4, 0.5) is 0 Å². The molecule has 0 spiro atoms. The molecule has 11 heteroatoms. The molecule has 6 rings (SSSR count). The molecule has 176 valence electrons. The lowest BCUT2D eigenvalue weighted by atomic mass is 10.2. The summed E-state index contributed by atoms with van der Waals surface area (Å²) in [5.74, 6) is 2.40. The van der Waals surface area contributed by atoms with Crippen LogP contribution in [0.25, 0.3) is 21.6 Å². The van der Waals surface area contributed by atoms with Gasteiger partial charge in [0.2, 0.25) is 18.5 Å². The van der Waals surface area contributed by atoms with Gasteiger partial charge in [-0.2, -0.15) is 4.98 Å². The molecule has 0 saturated heterocycles. The average molecular weight is 490 g/mol. The van der Waals surface area contributed by atoms with Gasteiger partial charge in [0.15, 0.2) is 11.5 Å². The first kappa shape index (κ1) is 21.2. The maximum atomic E-state index is 13.5. The van der Waals surface area contributed by atoms with Crippen LogP contribution in [0.15, 0.2) is 68.0 Å². The Morgan fingerprint density at radius 1 is 1.03 bits per heavy atom. The minimum atomic E-state index is -0.476. The Kier molecular flexibility index (Phi) is 5.10. The van der Waals surface area contributed by atoms with Crippen LogP contribution in [0.2, 0.25) is 0 Å². The predicted molar refractivity (Wildman–Crippen MR) is 127 cm³/mol. The van der Waals surface area contributed by atoms with Gasteiger partial charge in [-0.25, -0.2) is 4.79 Å². The van der Waals surface area contributed by atoms with E-state index in [9.17, 15) is 9.59 Å². The van der Waals surface area contributed by atoms with Crippen LogP contribution in [-0.2, 0) is 13.1 Å². The number of thiophene rings is 1. The third-order valence-corrected chi connectivity index (χ3v) is 6.62. The third-order valence-electron chi connectivity index (χ3n) is 5.72. The topological polar surface area (TPSA) is 111 Å². The minimum Gasteiger partial charge on any atom is -0.496 e. The summed E-state index contributed by atoms with van der Waals surface area (Å²) in [6.45, 7) is 0.238. The van der Waals surface area contributed by atoms with Crippen LogP contribution in [-0.4, -0.2) is 33.2 Å². The highest BCUT2D eigenvalue weighted by molar-refractivity contribution is 7.17. The summed E-state index contributed by atoms with van der Waals surface area (Å²) in [5.41, 5.74) is 1.10. The first-order valence-electron chi connectivity index (χ1n) is 10.7. The Hall–Kier alpha value is -4.38. The molecular weight excluding hydrogens is 472 g/mol. The smallest absolute Gasteiger partial charge is 0.332 e. The third kappa shape index (κ3) is 3.66. The molecule has 3 aromatic heterocycles. The zero-order chi connectivity index (χ0) is 23.9. The van der Waals surface area contributed by atoms with Gasteiger partial charge in [-0.15, -0.1) is 11.3 Å². The van der Waals surface area contributed by atoms with E-state index >= 15 is 0 Å². The van der Waals surface area contributed by atoms with Crippen molar-refractivity contribution in [3.8, 4) is 28.6 Å². The van der Waals surface area contributed by atoms with Crippen LogP contribution in [0, 0.1) is 0 Å². The number of benzene rings is 2. The summed E-state index contributed by atoms with van der Waals surface area (Å²) in [6, 6.07) is 14.4. The van der Waals surface area contributed by atoms with Crippen molar-refractivity contribution in [1.29, 1.82) is 0 Å². The normalized spacial score (nSPS) is 12.4. The van der Waals surface area contributed by atoms with Crippen molar-refractivity contribution >= 4 is 21.6 Å². The van der Waals surface area contributed by atoms with Crippen LogP contribution >= 0.6 is 11.3 Å². The van der Waals surface area contributed by atoms with Gasteiger partial charge in [0.25, 0.3) is 5.56 Å². The second-order valence-electron chi connectivity index (χ2n) is 7.79. The lowest BCUT2D eigenvalue weighted by Gasteiger charge is -2.11. The Morgan fingerprint density at radius 3 is 2.77 bits per heavy atom. The van der Waals surface area contributed by atoms with Crippen molar-refractivity contribution in [3.05, 3.63) is 86.2 Å². The molecule has 0 bridgehead atoms. The lowest BCUT2D eigenvalue weighted by Crippen LogP contribution is -2.40. The molecule has 5 aromatic rings. The van der Waals surface area contributed by atoms with Gasteiger partial charge in [-0.1, -0.05) is 23.4 Å². The number of fused-ring (bicyclic) bond motifs is 2. The van der Waals surface area contributed by atoms with E-state index in [-0.39, 0.29) is 31.3 Å². The number of rotatable bonds is 6. The molecule has 0 amide bonds. The molecule has 10 nitrogen and oxygen atoms in total. The molecule has 4 heterocycles. The lowest BCUT2D eigenvalue weighted by molar-refractivity contribution is 0.174. The van der Waals surface area contributed by atoms with Crippen LogP contribution < -0.4 is 25.5 Å². The highest BCUT2D eigenvalue weighted by atomic mass is 32.1. The van der Waals surface area contributed by atoms with Gasteiger partial charge in [-0.3, -0.25) is 13.9 Å². The quantitative estimate of drug-likeness (QED) is 0.357. The summed E-state index contributed by atoms with van der Waals surface area (Å²) in [7, 11) is 1.57. The number of methoxy groups -OCH3 is 1. The number of nitrogens with zero attached hydrogens (tertiary/aromatic N) is 4. The number of aromatic nitrogens is 4. The molecule has 0 fully saturated rings. The van der Waals surface area contributed by atoms with E-state index in [1.807, 2.05) is 18.2 Å². The molecule has 1 aliphatic rings. The van der Waals surface area contributed by atoms with Gasteiger partial charge < -0.3 is 18.7 Å². The van der Waals surface area contributed by atoms with Gasteiger partial charge in [0.05, 0.1) is 24.7 Å². The molecule has 0 atom stereocenters. The van der Waals surface area contributed by atoms with Crippen molar-refractivity contribution in [2.24, 2.45) is 0 Å². The SMILES string of the molecule is COc1ccccc1-c1noc(Cn2c(=O)n(Cc3ccc4c(c3)OCO4)c(=O)c3sccc32)n1. The molecule has 2 aromatic carbocycles. The van der Waals surface area contributed by atoms with E-state index in [0.29, 0.717) is 38.9 Å². The van der Waals surface area contributed by atoms with Crippen molar-refractivity contribution in [1.82, 2.24) is 19.3 Å². The van der Waals surface area contributed by atoms with Gasteiger partial charge in [0, 0.05) is 0 Å². The Bertz CT molecular complexity index is 1680. The molecule has 0 radical (unpaired) electrons. The summed E-state index contributed by atoms with van der Waals surface area (Å²) in [6.07, 6.45) is 0. The highest BCUT2D eigenvalue weighted by Crippen LogP contribution is 2.32. The molecule has 0 saturated carbocycles. The molecular formula is C24H18N4O6S. The van der Waals surface area contributed by atoms with Gasteiger partial charge in [-0.05, 0) is 41.3 Å². The minimum absolute atomic E-state index is 0.00956. The average Bonchev–Trinajstić information content (AvgIpc) is 3.65.